The second-order valence-electron chi connectivity index (χ2n) is 4.83. The molecule has 0 aliphatic rings. The van der Waals surface area contributed by atoms with E-state index in [-0.39, 0.29) is 5.82 Å². The van der Waals surface area contributed by atoms with Crippen LogP contribution in [0.5, 0.6) is 0 Å². The van der Waals surface area contributed by atoms with Crippen LogP contribution in [0.25, 0.3) is 0 Å². The first-order valence-electron chi connectivity index (χ1n) is 7.03. The van der Waals surface area contributed by atoms with Crippen LogP contribution in [0.1, 0.15) is 18.2 Å². The Hall–Kier alpha value is -0.550. The highest BCUT2D eigenvalue weighted by Crippen LogP contribution is 2.25. The van der Waals surface area contributed by atoms with Crippen molar-refractivity contribution in [3.05, 3.63) is 51.4 Å². The Morgan fingerprint density at radius 3 is 2.86 bits per heavy atom. The van der Waals surface area contributed by atoms with E-state index in [0.29, 0.717) is 6.04 Å². The minimum Gasteiger partial charge on any atom is -0.313 e. The van der Waals surface area contributed by atoms with Gasteiger partial charge < -0.3 is 5.32 Å². The highest BCUT2D eigenvalue weighted by molar-refractivity contribution is 7.99. The lowest BCUT2D eigenvalue weighted by Crippen LogP contribution is -2.33. The van der Waals surface area contributed by atoms with E-state index in [1.807, 2.05) is 12.1 Å². The summed E-state index contributed by atoms with van der Waals surface area (Å²) in [6.45, 7) is 3.15. The highest BCUT2D eigenvalue weighted by Gasteiger charge is 2.11. The smallest absolute Gasteiger partial charge is 0.124 e. The molecule has 1 N–H and O–H groups in total. The average molecular weight is 344 g/mol. The zero-order chi connectivity index (χ0) is 15.1. The Balaban J connectivity index is 1.92. The van der Waals surface area contributed by atoms with Gasteiger partial charge in [-0.1, -0.05) is 24.6 Å². The molecule has 0 spiro atoms. The van der Waals surface area contributed by atoms with Crippen molar-refractivity contribution in [2.24, 2.45) is 0 Å². The number of thiophene rings is 1. The van der Waals surface area contributed by atoms with E-state index >= 15 is 0 Å². The molecule has 0 aliphatic heterocycles. The predicted molar refractivity (Wildman–Crippen MR) is 92.2 cm³/mol. The van der Waals surface area contributed by atoms with Gasteiger partial charge in [-0.2, -0.15) is 0 Å². The summed E-state index contributed by atoms with van der Waals surface area (Å²) in [5.74, 6) is 0.738. The third-order valence-electron chi connectivity index (χ3n) is 3.01. The van der Waals surface area contributed by atoms with Gasteiger partial charge in [-0.3, -0.25) is 0 Å². The Kier molecular flexibility index (Phi) is 7.04. The van der Waals surface area contributed by atoms with Crippen LogP contribution in [0.15, 0.2) is 41.3 Å². The van der Waals surface area contributed by atoms with Gasteiger partial charge in [0.2, 0.25) is 0 Å². The molecule has 2 aromatic rings. The molecule has 0 amide bonds. The lowest BCUT2D eigenvalue weighted by atomic mass is 10.2. The Labute approximate surface area is 138 Å². The zero-order valence-electron chi connectivity index (χ0n) is 11.9. The van der Waals surface area contributed by atoms with Crippen molar-refractivity contribution in [1.82, 2.24) is 5.32 Å². The maximum absolute atomic E-state index is 13.2. The largest absolute Gasteiger partial charge is 0.313 e. The van der Waals surface area contributed by atoms with Crippen molar-refractivity contribution in [1.29, 1.82) is 0 Å². The summed E-state index contributed by atoms with van der Waals surface area (Å²) in [4.78, 5) is 2.26. The number of hydrogen-bond acceptors (Lipinski definition) is 3. The maximum Gasteiger partial charge on any atom is 0.124 e. The summed E-state index contributed by atoms with van der Waals surface area (Å²) in [5, 5.41) is 3.56. The summed E-state index contributed by atoms with van der Waals surface area (Å²) in [6, 6.07) is 11.2. The second-order valence-corrected chi connectivity index (χ2v) is 7.72. The van der Waals surface area contributed by atoms with Gasteiger partial charge in [0.15, 0.2) is 0 Å². The van der Waals surface area contributed by atoms with E-state index in [4.69, 9.17) is 11.6 Å². The Morgan fingerprint density at radius 2 is 2.19 bits per heavy atom. The molecule has 5 heteroatoms. The molecular formula is C16H19ClFNS2. The molecule has 1 nitrogen and oxygen atoms in total. The van der Waals surface area contributed by atoms with Gasteiger partial charge in [-0.25, -0.2) is 4.39 Å². The maximum atomic E-state index is 13.2. The first-order chi connectivity index (χ1) is 10.2. The molecule has 0 saturated heterocycles. The molecule has 0 fully saturated rings. The highest BCUT2D eigenvalue weighted by atomic mass is 35.5. The SMILES string of the molecule is CCCNC(CSc1cccc(F)c1)Cc1ccc(Cl)s1. The molecule has 0 radical (unpaired) electrons. The van der Waals surface area contributed by atoms with Crippen LogP contribution in [0.2, 0.25) is 4.34 Å². The fraction of sp³-hybridized carbons (Fsp3) is 0.375. The average Bonchev–Trinajstić information content (AvgIpc) is 2.87. The van der Waals surface area contributed by atoms with Gasteiger partial charge in [-0.05, 0) is 49.7 Å². The van der Waals surface area contributed by atoms with Crippen molar-refractivity contribution in [3.8, 4) is 0 Å². The summed E-state index contributed by atoms with van der Waals surface area (Å²) >= 11 is 9.31. The standard InChI is InChI=1S/C16H19ClFNS2/c1-2-8-19-13(10-15-6-7-16(17)21-15)11-20-14-5-3-4-12(18)9-14/h3-7,9,13,19H,2,8,10-11H2,1H3. The van der Waals surface area contributed by atoms with E-state index in [9.17, 15) is 4.39 Å². The number of halogens is 2. The molecule has 1 unspecified atom stereocenters. The van der Waals surface area contributed by atoms with Crippen molar-refractivity contribution in [2.45, 2.75) is 30.7 Å². The molecule has 1 heterocycles. The Morgan fingerprint density at radius 1 is 1.33 bits per heavy atom. The molecule has 1 atom stereocenters. The van der Waals surface area contributed by atoms with Gasteiger partial charge in [0.1, 0.15) is 5.82 Å². The molecular weight excluding hydrogens is 325 g/mol. The number of thioether (sulfide) groups is 1. The van der Waals surface area contributed by atoms with Crippen LogP contribution in [0.3, 0.4) is 0 Å². The third kappa shape index (κ3) is 5.99. The van der Waals surface area contributed by atoms with Crippen molar-refractivity contribution in [2.75, 3.05) is 12.3 Å². The summed E-state index contributed by atoms with van der Waals surface area (Å²) in [5.41, 5.74) is 0. The molecule has 21 heavy (non-hydrogen) atoms. The van der Waals surface area contributed by atoms with Gasteiger partial charge in [0.05, 0.1) is 4.34 Å². The van der Waals surface area contributed by atoms with E-state index < -0.39 is 0 Å². The van der Waals surface area contributed by atoms with Gasteiger partial charge in [-0.15, -0.1) is 23.1 Å². The van der Waals surface area contributed by atoms with Gasteiger partial charge in [0, 0.05) is 21.6 Å². The monoisotopic (exact) mass is 343 g/mol. The van der Waals surface area contributed by atoms with E-state index in [1.165, 1.54) is 10.9 Å². The first kappa shape index (κ1) is 16.8. The molecule has 1 aromatic carbocycles. The van der Waals surface area contributed by atoms with Crippen LogP contribution in [-0.2, 0) is 6.42 Å². The number of benzene rings is 1. The van der Waals surface area contributed by atoms with Crippen LogP contribution >= 0.6 is 34.7 Å². The third-order valence-corrected chi connectivity index (χ3v) is 5.42. The quantitative estimate of drug-likeness (QED) is 0.657. The summed E-state index contributed by atoms with van der Waals surface area (Å²) in [7, 11) is 0. The number of nitrogens with one attached hydrogen (secondary N) is 1. The van der Waals surface area contributed by atoms with Crippen LogP contribution in [0.4, 0.5) is 4.39 Å². The second kappa shape index (κ2) is 8.79. The van der Waals surface area contributed by atoms with Crippen LogP contribution < -0.4 is 5.32 Å². The summed E-state index contributed by atoms with van der Waals surface area (Å²) < 4.78 is 14.0. The lowest BCUT2D eigenvalue weighted by molar-refractivity contribution is 0.553. The molecule has 2 rings (SSSR count). The molecule has 0 saturated carbocycles. The van der Waals surface area contributed by atoms with E-state index in [2.05, 4.69) is 18.3 Å². The van der Waals surface area contributed by atoms with Crippen molar-refractivity contribution in [3.63, 3.8) is 0 Å². The minimum absolute atomic E-state index is 0.178. The molecule has 114 valence electrons. The first-order valence-corrected chi connectivity index (χ1v) is 9.21. The molecule has 1 aromatic heterocycles. The lowest BCUT2D eigenvalue weighted by Gasteiger charge is -2.17. The van der Waals surface area contributed by atoms with Gasteiger partial charge >= 0.3 is 0 Å². The topological polar surface area (TPSA) is 12.0 Å². The van der Waals surface area contributed by atoms with Crippen molar-refractivity contribution >= 4 is 34.7 Å². The van der Waals surface area contributed by atoms with Crippen LogP contribution in [0, 0.1) is 5.82 Å². The zero-order valence-corrected chi connectivity index (χ0v) is 14.3. The Bertz CT molecular complexity index is 559. The van der Waals surface area contributed by atoms with E-state index in [0.717, 1.165) is 34.4 Å². The number of hydrogen-bond donors (Lipinski definition) is 1. The predicted octanol–water partition coefficient (Wildman–Crippen LogP) is 5.24. The minimum atomic E-state index is -0.178. The summed E-state index contributed by atoms with van der Waals surface area (Å²) in [6.07, 6.45) is 2.06. The molecule has 0 bridgehead atoms. The van der Waals surface area contributed by atoms with Crippen molar-refractivity contribution < 1.29 is 4.39 Å². The van der Waals surface area contributed by atoms with Gasteiger partial charge in [0.25, 0.3) is 0 Å². The molecule has 0 aliphatic carbocycles. The fourth-order valence-electron chi connectivity index (χ4n) is 2.00. The number of rotatable bonds is 8. The van der Waals surface area contributed by atoms with E-state index in [1.54, 1.807) is 35.2 Å². The normalized spacial score (nSPS) is 12.5. The fourth-order valence-corrected chi connectivity index (χ4v) is 4.16. The van der Waals surface area contributed by atoms with Crippen LogP contribution in [-0.4, -0.2) is 18.3 Å².